The fraction of sp³-hybridized carbons (Fsp3) is 0.133. The molecule has 3 rings (SSSR count). The van der Waals surface area contributed by atoms with Gasteiger partial charge < -0.3 is 9.72 Å². The van der Waals surface area contributed by atoms with Crippen LogP contribution in [0.15, 0.2) is 30.3 Å². The van der Waals surface area contributed by atoms with E-state index >= 15 is 0 Å². The van der Waals surface area contributed by atoms with Crippen molar-refractivity contribution in [1.82, 2.24) is 9.55 Å². The lowest BCUT2D eigenvalue weighted by molar-refractivity contribution is 0.414. The highest BCUT2D eigenvalue weighted by Crippen LogP contribution is 2.30. The number of ether oxygens (including phenoxy) is 1. The Hall–Kier alpha value is -1.49. The molecule has 0 unspecified atom stereocenters. The topological polar surface area (TPSA) is 29.9 Å². The Kier molecular flexibility index (Phi) is 3.69. The second-order valence-electron chi connectivity index (χ2n) is 4.70. The van der Waals surface area contributed by atoms with Crippen LogP contribution in [0.2, 0.25) is 10.0 Å². The van der Waals surface area contributed by atoms with Crippen LogP contribution in [0.1, 0.15) is 5.56 Å². The molecule has 0 radical (unpaired) electrons. The summed E-state index contributed by atoms with van der Waals surface area (Å²) in [4.78, 5) is 3.15. The molecule has 0 aliphatic carbocycles. The lowest BCUT2D eigenvalue weighted by atomic mass is 10.2. The average Bonchev–Trinajstić information content (AvgIpc) is 2.75. The minimum Gasteiger partial charge on any atom is -0.497 e. The predicted molar refractivity (Wildman–Crippen MR) is 89.8 cm³/mol. The van der Waals surface area contributed by atoms with Crippen LogP contribution in [-0.4, -0.2) is 16.7 Å². The monoisotopic (exact) mass is 338 g/mol. The van der Waals surface area contributed by atoms with Gasteiger partial charge in [0.05, 0.1) is 33.9 Å². The molecular formula is C15H12Cl2N2OS. The van der Waals surface area contributed by atoms with E-state index in [0.717, 1.165) is 28.0 Å². The Morgan fingerprint density at radius 1 is 1.14 bits per heavy atom. The number of fused-ring (bicyclic) bond motifs is 1. The van der Waals surface area contributed by atoms with Crippen molar-refractivity contribution in [2.24, 2.45) is 0 Å². The maximum Gasteiger partial charge on any atom is 0.182 e. The van der Waals surface area contributed by atoms with Gasteiger partial charge in [0.1, 0.15) is 5.75 Å². The normalized spacial score (nSPS) is 11.0. The molecule has 0 saturated carbocycles. The summed E-state index contributed by atoms with van der Waals surface area (Å²) in [5, 5.41) is 0.997. The van der Waals surface area contributed by atoms with Crippen LogP contribution in [0.5, 0.6) is 5.75 Å². The molecule has 2 aromatic carbocycles. The third kappa shape index (κ3) is 2.44. The summed E-state index contributed by atoms with van der Waals surface area (Å²) < 4.78 is 7.78. The maximum absolute atomic E-state index is 6.13. The van der Waals surface area contributed by atoms with E-state index in [1.54, 1.807) is 13.2 Å². The fourth-order valence-electron chi connectivity index (χ4n) is 2.35. The molecule has 1 N–H and O–H groups in total. The average molecular weight is 339 g/mol. The second-order valence-corrected chi connectivity index (χ2v) is 5.90. The minimum atomic E-state index is 0.498. The van der Waals surface area contributed by atoms with E-state index in [1.807, 2.05) is 35.8 Å². The standard InChI is InChI=1S/C15H12Cl2N2OS/c1-8-5-9(20-2)3-4-13(8)19-14-7-11(17)10(16)6-12(14)18-15(19)21/h3-7H,1-2H3,(H,18,21). The lowest BCUT2D eigenvalue weighted by Crippen LogP contribution is -1.97. The Morgan fingerprint density at radius 2 is 1.86 bits per heavy atom. The van der Waals surface area contributed by atoms with Crippen LogP contribution in [0.4, 0.5) is 0 Å². The van der Waals surface area contributed by atoms with Crippen molar-refractivity contribution in [3.05, 3.63) is 50.7 Å². The Bertz CT molecular complexity index is 899. The molecule has 3 nitrogen and oxygen atoms in total. The first-order chi connectivity index (χ1) is 10.0. The molecule has 0 atom stereocenters. The smallest absolute Gasteiger partial charge is 0.182 e. The molecule has 1 heterocycles. The summed E-state index contributed by atoms with van der Waals surface area (Å²) in [6.45, 7) is 2.01. The largest absolute Gasteiger partial charge is 0.497 e. The fourth-order valence-corrected chi connectivity index (χ4v) is 2.98. The first kappa shape index (κ1) is 14.4. The number of nitrogens with zero attached hydrogens (tertiary/aromatic N) is 1. The van der Waals surface area contributed by atoms with Crippen LogP contribution in [0, 0.1) is 11.7 Å². The zero-order valence-corrected chi connectivity index (χ0v) is 13.7. The zero-order valence-electron chi connectivity index (χ0n) is 11.4. The van der Waals surface area contributed by atoms with Crippen molar-refractivity contribution in [3.63, 3.8) is 0 Å². The Morgan fingerprint density at radius 3 is 2.52 bits per heavy atom. The third-order valence-electron chi connectivity index (χ3n) is 3.37. The summed E-state index contributed by atoms with van der Waals surface area (Å²) in [7, 11) is 1.65. The number of H-pyrrole nitrogens is 1. The molecule has 6 heteroatoms. The first-order valence-corrected chi connectivity index (χ1v) is 7.42. The molecule has 0 aliphatic rings. The number of hydrogen-bond donors (Lipinski definition) is 1. The van der Waals surface area contributed by atoms with Gasteiger partial charge in [0, 0.05) is 0 Å². The molecule has 0 bridgehead atoms. The summed E-state index contributed by atoms with van der Waals surface area (Å²) in [5.41, 5.74) is 3.77. The van der Waals surface area contributed by atoms with Crippen molar-refractivity contribution in [3.8, 4) is 11.4 Å². The molecule has 0 saturated heterocycles. The predicted octanol–water partition coefficient (Wildman–Crippen LogP) is 5.31. The molecule has 108 valence electrons. The van der Waals surface area contributed by atoms with Crippen LogP contribution in [0.25, 0.3) is 16.7 Å². The number of rotatable bonds is 2. The maximum atomic E-state index is 6.13. The SMILES string of the molecule is COc1ccc(-n2c(=S)[nH]c3cc(Cl)c(Cl)cc32)c(C)c1. The molecule has 3 aromatic rings. The third-order valence-corrected chi connectivity index (χ3v) is 4.38. The second kappa shape index (κ2) is 5.37. The highest BCUT2D eigenvalue weighted by molar-refractivity contribution is 7.71. The van der Waals surface area contributed by atoms with Gasteiger partial charge in [-0.15, -0.1) is 0 Å². The van der Waals surface area contributed by atoms with E-state index < -0.39 is 0 Å². The summed E-state index contributed by atoms with van der Waals surface area (Å²) in [6, 6.07) is 9.44. The zero-order chi connectivity index (χ0) is 15.1. The van der Waals surface area contributed by atoms with Crippen molar-refractivity contribution >= 4 is 46.5 Å². The van der Waals surface area contributed by atoms with Crippen molar-refractivity contribution in [1.29, 1.82) is 0 Å². The van der Waals surface area contributed by atoms with Gasteiger partial charge in [-0.3, -0.25) is 4.57 Å². The molecule has 0 amide bonds. The van der Waals surface area contributed by atoms with Gasteiger partial charge in [-0.25, -0.2) is 0 Å². The van der Waals surface area contributed by atoms with Crippen molar-refractivity contribution in [2.45, 2.75) is 6.92 Å². The van der Waals surface area contributed by atoms with E-state index in [-0.39, 0.29) is 0 Å². The van der Waals surface area contributed by atoms with E-state index in [9.17, 15) is 0 Å². The quantitative estimate of drug-likeness (QED) is 0.641. The van der Waals surface area contributed by atoms with Crippen LogP contribution < -0.4 is 4.74 Å². The number of benzene rings is 2. The van der Waals surface area contributed by atoms with Gasteiger partial charge in [0.2, 0.25) is 0 Å². The lowest BCUT2D eigenvalue weighted by Gasteiger charge is -2.10. The molecular weight excluding hydrogens is 327 g/mol. The van der Waals surface area contributed by atoms with Crippen molar-refractivity contribution < 1.29 is 4.74 Å². The van der Waals surface area contributed by atoms with Gasteiger partial charge in [0.15, 0.2) is 4.77 Å². The highest BCUT2D eigenvalue weighted by atomic mass is 35.5. The van der Waals surface area contributed by atoms with E-state index in [4.69, 9.17) is 40.2 Å². The van der Waals surface area contributed by atoms with Gasteiger partial charge in [-0.05, 0) is 55.0 Å². The summed E-state index contributed by atoms with van der Waals surface area (Å²) in [6.07, 6.45) is 0. The van der Waals surface area contributed by atoms with Crippen LogP contribution in [-0.2, 0) is 0 Å². The summed E-state index contributed by atoms with van der Waals surface area (Å²) in [5.74, 6) is 0.809. The number of nitrogens with one attached hydrogen (secondary N) is 1. The van der Waals surface area contributed by atoms with Gasteiger partial charge in [-0.1, -0.05) is 23.2 Å². The minimum absolute atomic E-state index is 0.498. The number of halogens is 2. The summed E-state index contributed by atoms with van der Waals surface area (Å²) >= 11 is 17.6. The van der Waals surface area contributed by atoms with E-state index in [1.165, 1.54) is 0 Å². The number of methoxy groups -OCH3 is 1. The first-order valence-electron chi connectivity index (χ1n) is 6.26. The molecule has 21 heavy (non-hydrogen) atoms. The number of aromatic amines is 1. The van der Waals surface area contributed by atoms with Gasteiger partial charge in [-0.2, -0.15) is 0 Å². The molecule has 0 aliphatic heterocycles. The Balaban J connectivity index is 2.32. The van der Waals surface area contributed by atoms with E-state index in [0.29, 0.717) is 14.8 Å². The highest BCUT2D eigenvalue weighted by Gasteiger charge is 2.11. The molecule has 0 fully saturated rings. The van der Waals surface area contributed by atoms with Gasteiger partial charge in [0.25, 0.3) is 0 Å². The van der Waals surface area contributed by atoms with E-state index in [2.05, 4.69) is 4.98 Å². The van der Waals surface area contributed by atoms with Crippen LogP contribution in [0.3, 0.4) is 0 Å². The number of hydrogen-bond acceptors (Lipinski definition) is 2. The van der Waals surface area contributed by atoms with Gasteiger partial charge >= 0.3 is 0 Å². The number of imidazole rings is 1. The number of aromatic nitrogens is 2. The van der Waals surface area contributed by atoms with Crippen molar-refractivity contribution in [2.75, 3.05) is 7.11 Å². The molecule has 0 spiro atoms. The Labute approximate surface area is 137 Å². The number of aryl methyl sites for hydroxylation is 1. The van der Waals surface area contributed by atoms with Crippen LogP contribution >= 0.6 is 35.4 Å². The molecule has 1 aromatic heterocycles.